The number of hydrogen-bond acceptors (Lipinski definition) is 4. The summed E-state index contributed by atoms with van der Waals surface area (Å²) in [4.78, 5) is 24.9. The number of amides is 2. The summed E-state index contributed by atoms with van der Waals surface area (Å²) in [5.41, 5.74) is 7.01. The van der Waals surface area contributed by atoms with Crippen LogP contribution in [-0.2, 0) is 4.79 Å². The van der Waals surface area contributed by atoms with Crippen molar-refractivity contribution < 1.29 is 9.59 Å². The Morgan fingerprint density at radius 3 is 2.91 bits per heavy atom. The van der Waals surface area contributed by atoms with E-state index in [1.807, 2.05) is 6.07 Å². The molecule has 120 valence electrons. The zero-order valence-electron chi connectivity index (χ0n) is 12.1. The molecule has 0 saturated heterocycles. The van der Waals surface area contributed by atoms with Gasteiger partial charge >= 0.3 is 0 Å². The van der Waals surface area contributed by atoms with E-state index in [0.717, 1.165) is 29.2 Å². The minimum Gasteiger partial charge on any atom is -0.348 e. The molecule has 1 aliphatic carbocycles. The number of halogens is 1. The van der Waals surface area contributed by atoms with E-state index in [1.54, 1.807) is 23.9 Å². The smallest absolute Gasteiger partial charge is 0.251 e. The Hall–Kier alpha value is -1.24. The molecule has 1 atom stereocenters. The Kier molecular flexibility index (Phi) is 5.72. The molecule has 5 nitrogen and oxygen atoms in total. The second-order valence-electron chi connectivity index (χ2n) is 5.51. The summed E-state index contributed by atoms with van der Waals surface area (Å²) in [6, 6.07) is 5.51. The molecule has 0 radical (unpaired) electrons. The van der Waals surface area contributed by atoms with Crippen molar-refractivity contribution in [2.45, 2.75) is 30.2 Å². The predicted octanol–water partition coefficient (Wildman–Crippen LogP) is 2.01. The Labute approximate surface area is 140 Å². The van der Waals surface area contributed by atoms with Gasteiger partial charge in [-0.2, -0.15) is 0 Å². The molecular formula is C15H20ClN3O2S. The van der Waals surface area contributed by atoms with Crippen molar-refractivity contribution in [2.24, 2.45) is 11.7 Å². The maximum atomic E-state index is 12.3. The number of nitrogens with two attached hydrogens (primary N) is 1. The number of rotatable bonds is 4. The van der Waals surface area contributed by atoms with Crippen LogP contribution in [0.25, 0.3) is 0 Å². The van der Waals surface area contributed by atoms with E-state index in [1.165, 1.54) is 0 Å². The molecule has 1 unspecified atom stereocenters. The van der Waals surface area contributed by atoms with Crippen LogP contribution in [0.4, 0.5) is 5.69 Å². The predicted molar refractivity (Wildman–Crippen MR) is 90.7 cm³/mol. The molecule has 0 bridgehead atoms. The van der Waals surface area contributed by atoms with Crippen LogP contribution in [-0.4, -0.2) is 30.2 Å². The molecule has 7 heteroatoms. The lowest BCUT2D eigenvalue weighted by Crippen LogP contribution is -2.41. The van der Waals surface area contributed by atoms with Crippen LogP contribution in [0, 0.1) is 5.92 Å². The van der Waals surface area contributed by atoms with Gasteiger partial charge < -0.3 is 16.4 Å². The first-order valence-electron chi connectivity index (χ1n) is 7.25. The Morgan fingerprint density at radius 2 is 2.23 bits per heavy atom. The van der Waals surface area contributed by atoms with Gasteiger partial charge in [0.2, 0.25) is 5.91 Å². The van der Waals surface area contributed by atoms with Crippen LogP contribution >= 0.6 is 24.2 Å². The summed E-state index contributed by atoms with van der Waals surface area (Å²) in [5.74, 6) is 1.16. The molecule has 0 aromatic heterocycles. The first-order valence-corrected chi connectivity index (χ1v) is 8.23. The molecule has 1 aromatic carbocycles. The van der Waals surface area contributed by atoms with E-state index in [0.29, 0.717) is 24.4 Å². The number of nitrogens with one attached hydrogen (secondary N) is 2. The van der Waals surface area contributed by atoms with Crippen molar-refractivity contribution in [1.82, 2.24) is 5.32 Å². The third kappa shape index (κ3) is 3.94. The Balaban J connectivity index is 0.00000176. The van der Waals surface area contributed by atoms with Gasteiger partial charge in [0.05, 0.1) is 5.69 Å². The number of hydrogen-bond donors (Lipinski definition) is 3. The SMILES string of the molecule is Cl.NCC(NC(=O)c1ccc2c(c1)NC(=O)CCS2)C1CC1. The van der Waals surface area contributed by atoms with E-state index < -0.39 is 0 Å². The number of fused-ring (bicyclic) bond motifs is 1. The monoisotopic (exact) mass is 341 g/mol. The summed E-state index contributed by atoms with van der Waals surface area (Å²) in [6.07, 6.45) is 2.77. The molecule has 1 saturated carbocycles. The fourth-order valence-electron chi connectivity index (χ4n) is 2.48. The van der Waals surface area contributed by atoms with Crippen molar-refractivity contribution >= 4 is 41.7 Å². The number of benzene rings is 1. The highest BCUT2D eigenvalue weighted by Crippen LogP contribution is 2.33. The van der Waals surface area contributed by atoms with Crippen LogP contribution in [0.5, 0.6) is 0 Å². The molecule has 1 fully saturated rings. The molecular weight excluding hydrogens is 322 g/mol. The zero-order chi connectivity index (χ0) is 14.8. The molecule has 4 N–H and O–H groups in total. The van der Waals surface area contributed by atoms with E-state index in [2.05, 4.69) is 10.6 Å². The van der Waals surface area contributed by atoms with Gasteiger partial charge in [-0.15, -0.1) is 24.2 Å². The van der Waals surface area contributed by atoms with Crippen molar-refractivity contribution in [3.05, 3.63) is 23.8 Å². The fourth-order valence-corrected chi connectivity index (χ4v) is 3.42. The quantitative estimate of drug-likeness (QED) is 0.782. The molecule has 2 amide bonds. The molecule has 1 aliphatic heterocycles. The lowest BCUT2D eigenvalue weighted by molar-refractivity contribution is -0.115. The van der Waals surface area contributed by atoms with Crippen molar-refractivity contribution in [3.63, 3.8) is 0 Å². The van der Waals surface area contributed by atoms with Crippen LogP contribution in [0.15, 0.2) is 23.1 Å². The van der Waals surface area contributed by atoms with Crippen LogP contribution in [0.1, 0.15) is 29.6 Å². The molecule has 0 spiro atoms. The second-order valence-corrected chi connectivity index (χ2v) is 6.65. The third-order valence-corrected chi connectivity index (χ3v) is 4.94. The number of thioether (sulfide) groups is 1. The van der Waals surface area contributed by atoms with Gasteiger partial charge in [-0.25, -0.2) is 0 Å². The minimum absolute atomic E-state index is 0. The lowest BCUT2D eigenvalue weighted by atomic mass is 10.1. The molecule has 22 heavy (non-hydrogen) atoms. The van der Waals surface area contributed by atoms with Crippen molar-refractivity contribution in [2.75, 3.05) is 17.6 Å². The Bertz CT molecular complexity index is 578. The van der Waals surface area contributed by atoms with Crippen molar-refractivity contribution in [1.29, 1.82) is 0 Å². The first-order chi connectivity index (χ1) is 10.2. The van der Waals surface area contributed by atoms with E-state index >= 15 is 0 Å². The molecule has 2 aliphatic rings. The van der Waals surface area contributed by atoms with Gasteiger partial charge in [-0.05, 0) is 37.0 Å². The maximum absolute atomic E-state index is 12.3. The minimum atomic E-state index is -0.122. The first kappa shape index (κ1) is 17.1. The standard InChI is InChI=1S/C15H19N3O2S.ClH/c16-8-12(9-1-2-9)18-15(20)10-3-4-13-11(7-10)17-14(19)5-6-21-13;/h3-4,7,9,12H,1-2,5-6,8,16H2,(H,17,19)(H,18,20);1H. The lowest BCUT2D eigenvalue weighted by Gasteiger charge is -2.16. The molecule has 1 aromatic rings. The van der Waals surface area contributed by atoms with Gasteiger partial charge in [0.15, 0.2) is 0 Å². The molecule has 3 rings (SSSR count). The van der Waals surface area contributed by atoms with Gasteiger partial charge in [0.25, 0.3) is 5.91 Å². The van der Waals surface area contributed by atoms with Gasteiger partial charge in [0.1, 0.15) is 0 Å². The van der Waals surface area contributed by atoms with Gasteiger partial charge in [0, 0.05) is 35.2 Å². The second kappa shape index (κ2) is 7.35. The van der Waals surface area contributed by atoms with E-state index in [9.17, 15) is 9.59 Å². The topological polar surface area (TPSA) is 84.2 Å². The van der Waals surface area contributed by atoms with Crippen LogP contribution in [0.3, 0.4) is 0 Å². The third-order valence-electron chi connectivity index (χ3n) is 3.86. The summed E-state index contributed by atoms with van der Waals surface area (Å²) in [5, 5.41) is 5.85. The van der Waals surface area contributed by atoms with Gasteiger partial charge in [-0.3, -0.25) is 9.59 Å². The highest BCUT2D eigenvalue weighted by Gasteiger charge is 2.31. The van der Waals surface area contributed by atoms with E-state index in [4.69, 9.17) is 5.73 Å². The van der Waals surface area contributed by atoms with Crippen LogP contribution in [0.2, 0.25) is 0 Å². The number of anilines is 1. The zero-order valence-corrected chi connectivity index (χ0v) is 13.8. The van der Waals surface area contributed by atoms with Gasteiger partial charge in [-0.1, -0.05) is 0 Å². The van der Waals surface area contributed by atoms with Crippen LogP contribution < -0.4 is 16.4 Å². The normalized spacial score (nSPS) is 18.3. The van der Waals surface area contributed by atoms with Crippen molar-refractivity contribution in [3.8, 4) is 0 Å². The Morgan fingerprint density at radius 1 is 1.45 bits per heavy atom. The number of carbonyl (C=O) groups excluding carboxylic acids is 2. The largest absolute Gasteiger partial charge is 0.348 e. The molecule has 1 heterocycles. The number of carbonyl (C=O) groups is 2. The fraction of sp³-hybridized carbons (Fsp3) is 0.467. The summed E-state index contributed by atoms with van der Waals surface area (Å²) >= 11 is 1.63. The maximum Gasteiger partial charge on any atom is 0.251 e. The highest BCUT2D eigenvalue weighted by molar-refractivity contribution is 7.99. The summed E-state index contributed by atoms with van der Waals surface area (Å²) in [7, 11) is 0. The highest BCUT2D eigenvalue weighted by atomic mass is 35.5. The summed E-state index contributed by atoms with van der Waals surface area (Å²) < 4.78 is 0. The average molecular weight is 342 g/mol. The average Bonchev–Trinajstić information content (AvgIpc) is 3.30. The van der Waals surface area contributed by atoms with E-state index in [-0.39, 0.29) is 30.3 Å². The summed E-state index contributed by atoms with van der Waals surface area (Å²) in [6.45, 7) is 0.466.